The Balaban J connectivity index is 1.07. The van der Waals surface area contributed by atoms with E-state index in [4.69, 9.17) is 0 Å². The molecule has 0 spiro atoms. The van der Waals surface area contributed by atoms with E-state index in [9.17, 15) is 0 Å². The van der Waals surface area contributed by atoms with Gasteiger partial charge in [-0.05, 0) is 111 Å². The van der Waals surface area contributed by atoms with Gasteiger partial charge in [0.25, 0.3) is 0 Å². The number of rotatable bonds is 6. The van der Waals surface area contributed by atoms with E-state index in [0.29, 0.717) is 0 Å². The number of fused-ring (bicyclic) bond motifs is 5. The summed E-state index contributed by atoms with van der Waals surface area (Å²) < 4.78 is 2.38. The number of anilines is 3. The maximum absolute atomic E-state index is 2.38. The number of hydrogen-bond donors (Lipinski definition) is 0. The Bertz CT molecular complexity index is 2890. The minimum Gasteiger partial charge on any atom is -0.310 e. The van der Waals surface area contributed by atoms with Crippen LogP contribution in [0.25, 0.3) is 71.3 Å². The molecule has 10 rings (SSSR count). The van der Waals surface area contributed by atoms with E-state index in [1.165, 1.54) is 65.6 Å². The topological polar surface area (TPSA) is 8.17 Å². The Kier molecular flexibility index (Phi) is 7.18. The van der Waals surface area contributed by atoms with Crippen molar-refractivity contribution in [3.8, 4) is 27.9 Å². The van der Waals surface area contributed by atoms with Crippen molar-refractivity contribution in [3.63, 3.8) is 0 Å². The van der Waals surface area contributed by atoms with Crippen molar-refractivity contribution < 1.29 is 0 Å². The number of benzene rings is 9. The first kappa shape index (κ1) is 30.0. The smallest absolute Gasteiger partial charge is 0.0561 e. The Labute approximate surface area is 303 Å². The summed E-state index contributed by atoms with van der Waals surface area (Å²) in [6.07, 6.45) is 0. The Hall–Kier alpha value is -6.90. The zero-order valence-electron chi connectivity index (χ0n) is 28.5. The summed E-state index contributed by atoms with van der Waals surface area (Å²) in [5.41, 5.74) is 11.7. The SMILES string of the molecule is c1ccc(N(c2ccc3ccc(-c4ccc(-c5ccc6ccccc6c5)cc4)cc3c2)c2ccc3c4ccccc4n(-c4ccccc4)c3c2)cc1. The van der Waals surface area contributed by atoms with Crippen molar-refractivity contribution in [3.05, 3.63) is 206 Å². The minimum atomic E-state index is 1.11. The lowest BCUT2D eigenvalue weighted by Gasteiger charge is -2.26. The average Bonchev–Trinajstić information content (AvgIpc) is 3.55. The monoisotopic (exact) mass is 662 g/mol. The third-order valence-electron chi connectivity index (χ3n) is 10.3. The summed E-state index contributed by atoms with van der Waals surface area (Å²) in [5, 5.41) is 7.44. The van der Waals surface area contributed by atoms with E-state index in [2.05, 4.69) is 216 Å². The summed E-state index contributed by atoms with van der Waals surface area (Å²) in [4.78, 5) is 2.37. The van der Waals surface area contributed by atoms with E-state index in [1.807, 2.05) is 0 Å². The fourth-order valence-corrected chi connectivity index (χ4v) is 7.75. The Morgan fingerprint density at radius 3 is 1.56 bits per heavy atom. The second kappa shape index (κ2) is 12.5. The molecule has 0 aliphatic heterocycles. The molecular weight excluding hydrogens is 629 g/mol. The third kappa shape index (κ3) is 5.21. The molecule has 0 fully saturated rings. The number of aromatic nitrogens is 1. The maximum Gasteiger partial charge on any atom is 0.0561 e. The van der Waals surface area contributed by atoms with Crippen LogP contribution in [-0.2, 0) is 0 Å². The zero-order chi connectivity index (χ0) is 34.4. The molecule has 10 aromatic rings. The highest BCUT2D eigenvalue weighted by atomic mass is 15.1. The first-order chi connectivity index (χ1) is 25.8. The first-order valence-electron chi connectivity index (χ1n) is 17.8. The molecule has 0 atom stereocenters. The molecule has 2 heteroatoms. The largest absolute Gasteiger partial charge is 0.310 e. The van der Waals surface area contributed by atoms with Crippen LogP contribution >= 0.6 is 0 Å². The van der Waals surface area contributed by atoms with Crippen molar-refractivity contribution in [1.82, 2.24) is 4.57 Å². The van der Waals surface area contributed by atoms with Crippen LogP contribution in [0.15, 0.2) is 206 Å². The normalized spacial score (nSPS) is 11.5. The van der Waals surface area contributed by atoms with Crippen molar-refractivity contribution in [1.29, 1.82) is 0 Å². The highest BCUT2D eigenvalue weighted by Gasteiger charge is 2.18. The van der Waals surface area contributed by atoms with Crippen LogP contribution in [0.5, 0.6) is 0 Å². The summed E-state index contributed by atoms with van der Waals surface area (Å²) in [5.74, 6) is 0. The molecule has 0 saturated carbocycles. The first-order valence-corrected chi connectivity index (χ1v) is 17.8. The molecule has 0 amide bonds. The van der Waals surface area contributed by atoms with Gasteiger partial charge in [-0.1, -0.05) is 140 Å². The standard InChI is InChI=1S/C50H34N2/c1-3-13-43(14-4-1)51(46-29-30-48-47-17-9-10-18-49(47)52(50(48)34-46)44-15-5-2-6-16-44)45-28-27-38-24-26-41(32-42(38)33-45)37-21-19-36(20-22-37)40-25-23-35-11-7-8-12-39(35)31-40/h1-34H. The number of para-hydroxylation sites is 3. The lowest BCUT2D eigenvalue weighted by atomic mass is 9.97. The van der Waals surface area contributed by atoms with E-state index < -0.39 is 0 Å². The molecular formula is C50H34N2. The molecule has 0 saturated heterocycles. The van der Waals surface area contributed by atoms with Gasteiger partial charge >= 0.3 is 0 Å². The molecule has 0 aliphatic rings. The third-order valence-corrected chi connectivity index (χ3v) is 10.3. The van der Waals surface area contributed by atoms with Crippen LogP contribution in [0, 0.1) is 0 Å². The van der Waals surface area contributed by atoms with Crippen LogP contribution in [0.1, 0.15) is 0 Å². The molecule has 0 N–H and O–H groups in total. The molecule has 0 aliphatic carbocycles. The van der Waals surface area contributed by atoms with E-state index in [-0.39, 0.29) is 0 Å². The second-order valence-corrected chi connectivity index (χ2v) is 13.4. The predicted molar refractivity (Wildman–Crippen MR) is 221 cm³/mol. The van der Waals surface area contributed by atoms with Crippen molar-refractivity contribution >= 4 is 60.4 Å². The molecule has 0 radical (unpaired) electrons. The number of hydrogen-bond acceptors (Lipinski definition) is 1. The average molecular weight is 663 g/mol. The number of nitrogens with zero attached hydrogens (tertiary/aromatic N) is 2. The Morgan fingerprint density at radius 1 is 0.288 bits per heavy atom. The molecule has 0 unspecified atom stereocenters. The molecule has 2 nitrogen and oxygen atoms in total. The van der Waals surface area contributed by atoms with Crippen LogP contribution in [0.4, 0.5) is 17.1 Å². The van der Waals surface area contributed by atoms with Crippen LogP contribution in [0.2, 0.25) is 0 Å². The van der Waals surface area contributed by atoms with Gasteiger partial charge in [-0.15, -0.1) is 0 Å². The molecule has 244 valence electrons. The summed E-state index contributed by atoms with van der Waals surface area (Å²) in [6.45, 7) is 0. The van der Waals surface area contributed by atoms with E-state index in [0.717, 1.165) is 22.7 Å². The van der Waals surface area contributed by atoms with Crippen LogP contribution < -0.4 is 4.90 Å². The Morgan fingerprint density at radius 2 is 0.808 bits per heavy atom. The molecule has 1 heterocycles. The highest BCUT2D eigenvalue weighted by molar-refractivity contribution is 6.10. The van der Waals surface area contributed by atoms with Gasteiger partial charge in [0.1, 0.15) is 0 Å². The van der Waals surface area contributed by atoms with Gasteiger partial charge in [0.15, 0.2) is 0 Å². The van der Waals surface area contributed by atoms with Gasteiger partial charge in [0.2, 0.25) is 0 Å². The highest BCUT2D eigenvalue weighted by Crippen LogP contribution is 2.41. The lowest BCUT2D eigenvalue weighted by molar-refractivity contribution is 1.18. The predicted octanol–water partition coefficient (Wildman–Crippen LogP) is 13.9. The van der Waals surface area contributed by atoms with E-state index in [1.54, 1.807) is 0 Å². The van der Waals surface area contributed by atoms with Crippen LogP contribution in [-0.4, -0.2) is 4.57 Å². The lowest BCUT2D eigenvalue weighted by Crippen LogP contribution is -2.10. The van der Waals surface area contributed by atoms with Gasteiger partial charge in [0, 0.05) is 33.5 Å². The molecule has 9 aromatic carbocycles. The molecule has 0 bridgehead atoms. The molecule has 1 aromatic heterocycles. The van der Waals surface area contributed by atoms with Gasteiger partial charge in [0.05, 0.1) is 11.0 Å². The van der Waals surface area contributed by atoms with Gasteiger partial charge in [-0.3, -0.25) is 0 Å². The zero-order valence-corrected chi connectivity index (χ0v) is 28.5. The second-order valence-electron chi connectivity index (χ2n) is 13.4. The van der Waals surface area contributed by atoms with Crippen molar-refractivity contribution in [2.45, 2.75) is 0 Å². The van der Waals surface area contributed by atoms with Gasteiger partial charge in [-0.25, -0.2) is 0 Å². The van der Waals surface area contributed by atoms with Crippen molar-refractivity contribution in [2.24, 2.45) is 0 Å². The van der Waals surface area contributed by atoms with Crippen LogP contribution in [0.3, 0.4) is 0 Å². The quantitative estimate of drug-likeness (QED) is 0.172. The maximum atomic E-state index is 2.38. The fourth-order valence-electron chi connectivity index (χ4n) is 7.75. The van der Waals surface area contributed by atoms with Gasteiger partial charge in [-0.2, -0.15) is 0 Å². The van der Waals surface area contributed by atoms with Crippen molar-refractivity contribution in [2.75, 3.05) is 4.90 Å². The van der Waals surface area contributed by atoms with Gasteiger partial charge < -0.3 is 9.47 Å². The summed E-state index contributed by atoms with van der Waals surface area (Å²) >= 11 is 0. The summed E-state index contributed by atoms with van der Waals surface area (Å²) in [7, 11) is 0. The molecule has 52 heavy (non-hydrogen) atoms. The summed E-state index contributed by atoms with van der Waals surface area (Å²) in [6, 6.07) is 74.7. The fraction of sp³-hybridized carbons (Fsp3) is 0. The van der Waals surface area contributed by atoms with E-state index >= 15 is 0 Å². The minimum absolute atomic E-state index is 1.11.